The molecule has 0 atom stereocenters. The van der Waals surface area contributed by atoms with Crippen molar-refractivity contribution in [1.82, 2.24) is 14.7 Å². The Bertz CT molecular complexity index is 751. The summed E-state index contributed by atoms with van der Waals surface area (Å²) in [5.41, 5.74) is 1.17. The minimum atomic E-state index is -4.32. The molecule has 0 saturated heterocycles. The minimum Gasteiger partial charge on any atom is -0.294 e. The highest BCUT2D eigenvalue weighted by Crippen LogP contribution is 2.35. The molecule has 0 radical (unpaired) electrons. The average Bonchev–Trinajstić information content (AvgIpc) is 2.88. The maximum absolute atomic E-state index is 12.9. The largest absolute Gasteiger partial charge is 0.417 e. The van der Waals surface area contributed by atoms with E-state index in [0.717, 1.165) is 28.0 Å². The Labute approximate surface area is 128 Å². The first-order valence-electron chi connectivity index (χ1n) is 6.75. The van der Waals surface area contributed by atoms with Crippen LogP contribution in [0.1, 0.15) is 22.4 Å². The number of hydrogen-bond donors (Lipinski definition) is 0. The lowest BCUT2D eigenvalue weighted by molar-refractivity contribution is -0.138. The summed E-state index contributed by atoms with van der Waals surface area (Å²) in [5, 5.41) is 6.89. The zero-order valence-electron chi connectivity index (χ0n) is 11.9. The van der Waals surface area contributed by atoms with Crippen molar-refractivity contribution in [1.29, 1.82) is 0 Å². The van der Waals surface area contributed by atoms with Gasteiger partial charge in [0.2, 0.25) is 0 Å². The monoisotopic (exact) mass is 329 g/mol. The van der Waals surface area contributed by atoms with Crippen molar-refractivity contribution in [2.75, 3.05) is 6.54 Å². The van der Waals surface area contributed by atoms with Crippen LogP contribution in [0.2, 0.25) is 0 Å². The second kappa shape index (κ2) is 5.51. The topological polar surface area (TPSA) is 38.1 Å². The fourth-order valence-corrected chi connectivity index (χ4v) is 3.48. The molecule has 118 valence electrons. The third-order valence-electron chi connectivity index (χ3n) is 3.76. The van der Waals surface area contributed by atoms with Gasteiger partial charge in [0, 0.05) is 44.5 Å². The fraction of sp³-hybridized carbons (Fsp3) is 0.429. The molecule has 4 nitrogen and oxygen atoms in total. The van der Waals surface area contributed by atoms with Crippen LogP contribution >= 0.6 is 11.3 Å². The Kier molecular flexibility index (Phi) is 3.82. The van der Waals surface area contributed by atoms with Crippen LogP contribution in [0.15, 0.2) is 21.6 Å². The van der Waals surface area contributed by atoms with Crippen LogP contribution in [0.4, 0.5) is 13.2 Å². The van der Waals surface area contributed by atoms with Gasteiger partial charge in [0.1, 0.15) is 0 Å². The molecule has 2 aromatic rings. The van der Waals surface area contributed by atoms with E-state index in [1.54, 1.807) is 12.4 Å². The molecule has 0 fully saturated rings. The molecule has 1 aliphatic rings. The van der Waals surface area contributed by atoms with E-state index in [1.807, 2.05) is 4.90 Å². The fourth-order valence-electron chi connectivity index (χ4n) is 2.62. The zero-order valence-corrected chi connectivity index (χ0v) is 12.7. The highest BCUT2D eigenvalue weighted by atomic mass is 32.1. The number of aryl methyl sites for hydroxylation is 1. The van der Waals surface area contributed by atoms with Crippen LogP contribution in [0, 0.1) is 0 Å². The first-order chi connectivity index (χ1) is 10.3. The summed E-state index contributed by atoms with van der Waals surface area (Å²) < 4.78 is 40.0. The van der Waals surface area contributed by atoms with Gasteiger partial charge >= 0.3 is 6.18 Å². The van der Waals surface area contributed by atoms with Crippen LogP contribution in [-0.4, -0.2) is 21.2 Å². The van der Waals surface area contributed by atoms with E-state index >= 15 is 0 Å². The summed E-state index contributed by atoms with van der Waals surface area (Å²) in [4.78, 5) is 13.6. The number of rotatable bonds is 2. The predicted octanol–water partition coefficient (Wildman–Crippen LogP) is 2.42. The lowest BCUT2D eigenvalue weighted by Gasteiger charge is -2.28. The molecule has 3 rings (SSSR count). The smallest absolute Gasteiger partial charge is 0.294 e. The van der Waals surface area contributed by atoms with Gasteiger partial charge in [-0.25, -0.2) is 4.68 Å². The molecule has 0 saturated carbocycles. The molecule has 3 heterocycles. The molecule has 0 bridgehead atoms. The third-order valence-corrected chi connectivity index (χ3v) is 4.55. The molecule has 0 aliphatic carbocycles. The molecule has 22 heavy (non-hydrogen) atoms. The Morgan fingerprint density at radius 1 is 1.36 bits per heavy atom. The predicted molar refractivity (Wildman–Crippen MR) is 76.6 cm³/mol. The Balaban J connectivity index is 1.80. The van der Waals surface area contributed by atoms with Crippen molar-refractivity contribution in [2.45, 2.75) is 25.7 Å². The number of aromatic nitrogens is 2. The van der Waals surface area contributed by atoms with Crippen molar-refractivity contribution >= 4 is 11.3 Å². The van der Waals surface area contributed by atoms with E-state index in [1.165, 1.54) is 10.7 Å². The summed E-state index contributed by atoms with van der Waals surface area (Å²) in [5.74, 6) is 0. The first-order valence-corrected chi connectivity index (χ1v) is 7.69. The number of thiophene rings is 1. The van der Waals surface area contributed by atoms with E-state index in [4.69, 9.17) is 0 Å². The Morgan fingerprint density at radius 2 is 2.14 bits per heavy atom. The summed E-state index contributed by atoms with van der Waals surface area (Å²) >= 11 is 1.06. The van der Waals surface area contributed by atoms with Gasteiger partial charge < -0.3 is 0 Å². The maximum Gasteiger partial charge on any atom is 0.417 e. The van der Waals surface area contributed by atoms with Gasteiger partial charge in [0.25, 0.3) is 5.56 Å². The highest BCUT2D eigenvalue weighted by molar-refractivity contribution is 7.08. The van der Waals surface area contributed by atoms with E-state index < -0.39 is 11.7 Å². The maximum atomic E-state index is 12.9. The molecule has 8 heteroatoms. The van der Waals surface area contributed by atoms with Gasteiger partial charge in [-0.15, -0.1) is 0 Å². The zero-order chi connectivity index (χ0) is 15.9. The number of alkyl halides is 3. The molecule has 0 amide bonds. The van der Waals surface area contributed by atoms with Gasteiger partial charge in [0.15, 0.2) is 0 Å². The quantitative estimate of drug-likeness (QED) is 0.849. The van der Waals surface area contributed by atoms with Crippen molar-refractivity contribution in [3.05, 3.63) is 49.6 Å². The minimum absolute atomic E-state index is 0.202. The van der Waals surface area contributed by atoms with Crippen molar-refractivity contribution < 1.29 is 13.2 Å². The molecule has 0 aromatic carbocycles. The number of halogens is 3. The van der Waals surface area contributed by atoms with Gasteiger partial charge in [-0.3, -0.25) is 9.69 Å². The summed E-state index contributed by atoms with van der Waals surface area (Å²) in [6.45, 7) is 1.31. The molecule has 0 spiro atoms. The lowest BCUT2D eigenvalue weighted by Crippen LogP contribution is -2.34. The van der Waals surface area contributed by atoms with E-state index in [2.05, 4.69) is 5.10 Å². The van der Waals surface area contributed by atoms with Gasteiger partial charge in [-0.2, -0.15) is 29.6 Å². The van der Waals surface area contributed by atoms with Crippen LogP contribution in [0.5, 0.6) is 0 Å². The van der Waals surface area contributed by atoms with Crippen LogP contribution < -0.4 is 5.56 Å². The van der Waals surface area contributed by atoms with Gasteiger partial charge in [0.05, 0.1) is 11.3 Å². The van der Waals surface area contributed by atoms with E-state index in [-0.39, 0.29) is 17.7 Å². The molecular formula is C14H14F3N3OS. The standard InChI is InChI=1S/C14H14F3N3OS/c1-19-13(21)4-9-5-20(3-2-12(9)18-19)6-10-7-22-8-11(10)14(15,16)17/h4,7-8H,2-3,5-6H2,1H3. The third kappa shape index (κ3) is 2.93. The normalized spacial score (nSPS) is 15.8. The van der Waals surface area contributed by atoms with Crippen molar-refractivity contribution in [3.8, 4) is 0 Å². The van der Waals surface area contributed by atoms with Gasteiger partial charge in [-0.05, 0) is 16.5 Å². The number of hydrogen-bond acceptors (Lipinski definition) is 4. The first kappa shape index (κ1) is 15.2. The number of nitrogens with zero attached hydrogens (tertiary/aromatic N) is 3. The second-order valence-corrected chi connectivity index (χ2v) is 6.09. The van der Waals surface area contributed by atoms with Crippen LogP contribution in [0.25, 0.3) is 0 Å². The lowest BCUT2D eigenvalue weighted by atomic mass is 10.1. The van der Waals surface area contributed by atoms with Crippen molar-refractivity contribution in [3.63, 3.8) is 0 Å². The Hall–Kier alpha value is -1.67. The van der Waals surface area contributed by atoms with E-state index in [0.29, 0.717) is 19.5 Å². The van der Waals surface area contributed by atoms with Crippen molar-refractivity contribution in [2.24, 2.45) is 7.05 Å². The molecule has 0 unspecified atom stereocenters. The average molecular weight is 329 g/mol. The van der Waals surface area contributed by atoms with Crippen LogP contribution in [0.3, 0.4) is 0 Å². The highest BCUT2D eigenvalue weighted by Gasteiger charge is 2.34. The Morgan fingerprint density at radius 3 is 2.86 bits per heavy atom. The molecule has 2 aromatic heterocycles. The van der Waals surface area contributed by atoms with Gasteiger partial charge in [-0.1, -0.05) is 0 Å². The second-order valence-electron chi connectivity index (χ2n) is 5.35. The molecule has 1 aliphatic heterocycles. The molecular weight excluding hydrogens is 315 g/mol. The summed E-state index contributed by atoms with van der Waals surface area (Å²) in [6, 6.07) is 1.52. The summed E-state index contributed by atoms with van der Waals surface area (Å²) in [7, 11) is 1.59. The summed E-state index contributed by atoms with van der Waals surface area (Å²) in [6.07, 6.45) is -3.69. The SMILES string of the molecule is Cn1nc2c(cc1=O)CN(Cc1cscc1C(F)(F)F)CC2. The van der Waals surface area contributed by atoms with Crippen LogP contribution in [-0.2, 0) is 32.7 Å². The van der Waals surface area contributed by atoms with E-state index in [9.17, 15) is 18.0 Å². The molecule has 0 N–H and O–H groups in total. The number of fused-ring (bicyclic) bond motifs is 1.